The van der Waals surface area contributed by atoms with Crippen molar-refractivity contribution in [3.8, 4) is 0 Å². The van der Waals surface area contributed by atoms with E-state index < -0.39 is 29.7 Å². The largest absolute Gasteiger partial charge is 0.467 e. The number of benzene rings is 2. The van der Waals surface area contributed by atoms with Gasteiger partial charge in [0.25, 0.3) is 0 Å². The van der Waals surface area contributed by atoms with Crippen molar-refractivity contribution >= 4 is 28.4 Å². The third-order valence-electron chi connectivity index (χ3n) is 4.57. The van der Waals surface area contributed by atoms with Crippen LogP contribution in [0.25, 0.3) is 16.5 Å². The van der Waals surface area contributed by atoms with Gasteiger partial charge in [-0.15, -0.1) is 0 Å². The van der Waals surface area contributed by atoms with Crippen LogP contribution in [0.5, 0.6) is 0 Å². The molecule has 1 heterocycles. The Hall–Kier alpha value is -3.55. The maximum Gasteiger partial charge on any atom is 0.417 e. The third-order valence-corrected chi connectivity index (χ3v) is 4.57. The summed E-state index contributed by atoms with van der Waals surface area (Å²) in [5.41, 5.74) is 0.317. The van der Waals surface area contributed by atoms with E-state index in [-0.39, 0.29) is 12.0 Å². The number of esters is 1. The van der Waals surface area contributed by atoms with Crippen molar-refractivity contribution in [2.45, 2.75) is 18.6 Å². The first-order valence-corrected chi connectivity index (χ1v) is 9.07. The molecular weight excluding hydrogens is 397 g/mol. The number of H-pyrrole nitrogens is 1. The van der Waals surface area contributed by atoms with Crippen LogP contribution in [0.15, 0.2) is 66.9 Å². The minimum Gasteiger partial charge on any atom is -0.467 e. The van der Waals surface area contributed by atoms with Crippen molar-refractivity contribution in [3.05, 3.63) is 78.0 Å². The fraction of sp³-hybridized carbons (Fsp3) is 0.182. The zero-order valence-corrected chi connectivity index (χ0v) is 16.0. The van der Waals surface area contributed by atoms with E-state index in [4.69, 9.17) is 4.74 Å². The Bertz CT molecular complexity index is 1070. The number of methoxy groups -OCH3 is 1. The molecule has 5 nitrogen and oxygen atoms in total. The molecule has 0 fully saturated rings. The van der Waals surface area contributed by atoms with Gasteiger partial charge in [0.05, 0.1) is 12.7 Å². The van der Waals surface area contributed by atoms with Crippen molar-refractivity contribution in [1.29, 1.82) is 0 Å². The summed E-state index contributed by atoms with van der Waals surface area (Å²) in [5.74, 6) is -1.79. The molecule has 0 bridgehead atoms. The zero-order valence-electron chi connectivity index (χ0n) is 16.0. The molecule has 0 aliphatic carbocycles. The number of aromatic amines is 1. The third kappa shape index (κ3) is 4.89. The van der Waals surface area contributed by atoms with Crippen LogP contribution in [0.1, 0.15) is 11.1 Å². The second-order valence-electron chi connectivity index (χ2n) is 6.57. The summed E-state index contributed by atoms with van der Waals surface area (Å²) in [6.07, 6.45) is -2.53. The van der Waals surface area contributed by atoms with Gasteiger partial charge in [-0.2, -0.15) is 13.2 Å². The van der Waals surface area contributed by atoms with Crippen LogP contribution in [-0.2, 0) is 20.7 Å². The number of para-hydroxylation sites is 1. The van der Waals surface area contributed by atoms with Gasteiger partial charge in [0, 0.05) is 29.6 Å². The lowest BCUT2D eigenvalue weighted by Gasteiger charge is -2.17. The van der Waals surface area contributed by atoms with Gasteiger partial charge in [0.15, 0.2) is 0 Å². The molecule has 0 radical (unpaired) electrons. The predicted molar refractivity (Wildman–Crippen MR) is 106 cm³/mol. The van der Waals surface area contributed by atoms with E-state index in [0.29, 0.717) is 6.08 Å². The number of allylic oxidation sites excluding steroid dienone is 1. The number of ether oxygens (including phenoxy) is 1. The van der Waals surface area contributed by atoms with Crippen molar-refractivity contribution < 1.29 is 27.5 Å². The van der Waals surface area contributed by atoms with E-state index in [1.807, 2.05) is 24.3 Å². The van der Waals surface area contributed by atoms with Crippen LogP contribution in [0.3, 0.4) is 0 Å². The highest BCUT2D eigenvalue weighted by molar-refractivity contribution is 5.98. The maximum absolute atomic E-state index is 13.5. The molecule has 3 aromatic rings. The minimum absolute atomic E-state index is 0.0585. The monoisotopic (exact) mass is 416 g/mol. The van der Waals surface area contributed by atoms with Crippen LogP contribution in [0, 0.1) is 0 Å². The Balaban J connectivity index is 1.86. The molecule has 1 atom stereocenters. The topological polar surface area (TPSA) is 71.2 Å². The van der Waals surface area contributed by atoms with E-state index in [9.17, 15) is 22.8 Å². The van der Waals surface area contributed by atoms with Crippen LogP contribution >= 0.6 is 0 Å². The highest BCUT2D eigenvalue weighted by Gasteiger charge is 2.35. The lowest BCUT2D eigenvalue weighted by atomic mass is 10.0. The minimum atomic E-state index is -4.74. The number of rotatable bonds is 6. The van der Waals surface area contributed by atoms with Crippen LogP contribution in [0.4, 0.5) is 13.2 Å². The number of hydrogen-bond donors (Lipinski definition) is 2. The highest BCUT2D eigenvalue weighted by Crippen LogP contribution is 2.33. The van der Waals surface area contributed by atoms with Gasteiger partial charge in [-0.3, -0.25) is 4.79 Å². The van der Waals surface area contributed by atoms with Gasteiger partial charge >= 0.3 is 12.1 Å². The average Bonchev–Trinajstić information content (AvgIpc) is 3.13. The quantitative estimate of drug-likeness (QED) is 0.471. The van der Waals surface area contributed by atoms with E-state index in [0.717, 1.165) is 23.6 Å². The Morgan fingerprint density at radius 1 is 1.10 bits per heavy atom. The summed E-state index contributed by atoms with van der Waals surface area (Å²) < 4.78 is 45.1. The molecule has 0 aliphatic rings. The van der Waals surface area contributed by atoms with Crippen LogP contribution < -0.4 is 5.32 Å². The summed E-state index contributed by atoms with van der Waals surface area (Å²) in [6.45, 7) is 0. The van der Waals surface area contributed by atoms with E-state index in [1.54, 1.807) is 12.3 Å². The summed E-state index contributed by atoms with van der Waals surface area (Å²) in [4.78, 5) is 27.6. The molecule has 2 aromatic carbocycles. The zero-order chi connectivity index (χ0) is 21.7. The maximum atomic E-state index is 13.5. The molecule has 0 aliphatic heterocycles. The smallest absolute Gasteiger partial charge is 0.417 e. The Labute approximate surface area is 170 Å². The number of hydrogen-bond acceptors (Lipinski definition) is 3. The fourth-order valence-electron chi connectivity index (χ4n) is 3.15. The molecule has 1 aromatic heterocycles. The molecule has 0 spiro atoms. The number of carbonyl (C=O) groups is 2. The molecule has 3 rings (SSSR count). The van der Waals surface area contributed by atoms with Gasteiger partial charge < -0.3 is 15.0 Å². The van der Waals surface area contributed by atoms with Crippen LogP contribution in [0.2, 0.25) is 0 Å². The number of halogens is 3. The Morgan fingerprint density at radius 3 is 2.43 bits per heavy atom. The normalized spacial score (nSPS) is 13.1. The first kappa shape index (κ1) is 21.2. The first-order valence-electron chi connectivity index (χ1n) is 9.07. The van der Waals surface area contributed by atoms with Crippen molar-refractivity contribution in [2.75, 3.05) is 7.11 Å². The fourth-order valence-corrected chi connectivity index (χ4v) is 3.15. The predicted octanol–water partition coefficient (Wildman–Crippen LogP) is 4.01. The SMILES string of the molecule is COC(=O)[C@@H](Cc1c[nH]c2ccccc12)NC(=O)/C=C(/c1ccccc1)C(F)(F)F. The lowest BCUT2D eigenvalue weighted by molar-refractivity contribution is -0.144. The lowest BCUT2D eigenvalue weighted by Crippen LogP contribution is -2.42. The molecule has 2 N–H and O–H groups in total. The number of nitrogens with one attached hydrogen (secondary N) is 2. The molecule has 156 valence electrons. The summed E-state index contributed by atoms with van der Waals surface area (Å²) in [5, 5.41) is 3.18. The van der Waals surface area contributed by atoms with E-state index in [2.05, 4.69) is 10.3 Å². The molecule has 0 saturated heterocycles. The van der Waals surface area contributed by atoms with Gasteiger partial charge in [0.2, 0.25) is 5.91 Å². The second-order valence-corrected chi connectivity index (χ2v) is 6.57. The summed E-state index contributed by atoms with van der Waals surface area (Å²) >= 11 is 0. The highest BCUT2D eigenvalue weighted by atomic mass is 19.4. The average molecular weight is 416 g/mol. The molecule has 8 heteroatoms. The standard InChI is InChI=1S/C22H19F3N2O3/c1-30-21(29)19(11-15-13-26-18-10-6-5-9-16(15)18)27-20(28)12-17(22(23,24)25)14-7-3-2-4-8-14/h2-10,12-13,19,26H,11H2,1H3,(H,27,28)/b17-12-/t19-/m1/s1. The van der Waals surface area contributed by atoms with Gasteiger partial charge in [-0.25, -0.2) is 4.79 Å². The van der Waals surface area contributed by atoms with Crippen molar-refractivity contribution in [3.63, 3.8) is 0 Å². The van der Waals surface area contributed by atoms with Crippen LogP contribution in [-0.4, -0.2) is 36.2 Å². The first-order chi connectivity index (χ1) is 14.3. The Kier molecular flexibility index (Phi) is 6.25. The molecule has 30 heavy (non-hydrogen) atoms. The van der Waals surface area contributed by atoms with Gasteiger partial charge in [-0.05, 0) is 17.2 Å². The molecule has 1 amide bonds. The number of alkyl halides is 3. The summed E-state index contributed by atoms with van der Waals surface area (Å²) in [6, 6.07) is 13.2. The molecule has 0 saturated carbocycles. The second kappa shape index (κ2) is 8.86. The number of fused-ring (bicyclic) bond motifs is 1. The summed E-state index contributed by atoms with van der Waals surface area (Å²) in [7, 11) is 1.15. The van der Waals surface area contributed by atoms with Crippen molar-refractivity contribution in [1.82, 2.24) is 10.3 Å². The van der Waals surface area contributed by atoms with Gasteiger partial charge in [-0.1, -0.05) is 48.5 Å². The molecule has 0 unspecified atom stereocenters. The number of amides is 1. The Morgan fingerprint density at radius 2 is 1.77 bits per heavy atom. The van der Waals surface area contributed by atoms with Gasteiger partial charge in [0.1, 0.15) is 6.04 Å². The number of aromatic nitrogens is 1. The molecular formula is C22H19F3N2O3. The number of carbonyl (C=O) groups excluding carboxylic acids is 2. The van der Waals surface area contributed by atoms with E-state index >= 15 is 0 Å². The van der Waals surface area contributed by atoms with Crippen molar-refractivity contribution in [2.24, 2.45) is 0 Å². The van der Waals surface area contributed by atoms with E-state index in [1.165, 1.54) is 24.3 Å².